The molecule has 0 bridgehead atoms. The molecule has 8 heteroatoms. The highest BCUT2D eigenvalue weighted by Gasteiger charge is 2.27. The Bertz CT molecular complexity index is 1480. The van der Waals surface area contributed by atoms with Crippen LogP contribution in [0.5, 0.6) is 11.5 Å². The first kappa shape index (κ1) is 29.0. The third-order valence-corrected chi connectivity index (χ3v) is 7.68. The summed E-state index contributed by atoms with van der Waals surface area (Å²) in [6.07, 6.45) is 6.30. The number of aromatic nitrogens is 1. The van der Waals surface area contributed by atoms with Gasteiger partial charge in [0.2, 0.25) is 11.7 Å². The summed E-state index contributed by atoms with van der Waals surface area (Å²) in [6, 6.07) is 17.7. The average Bonchev–Trinajstić information content (AvgIpc) is 3.91. The normalized spacial score (nSPS) is 14.9. The summed E-state index contributed by atoms with van der Waals surface area (Å²) >= 11 is 0. The smallest absolute Gasteiger partial charge is 0.311 e. The Kier molecular flexibility index (Phi) is 8.71. The van der Waals surface area contributed by atoms with E-state index in [4.69, 9.17) is 9.47 Å². The lowest BCUT2D eigenvalue weighted by Gasteiger charge is -2.19. The number of rotatable bonds is 11. The van der Waals surface area contributed by atoms with Gasteiger partial charge in [0.1, 0.15) is 6.04 Å². The maximum absolute atomic E-state index is 13.4. The highest BCUT2D eigenvalue weighted by Crippen LogP contribution is 2.43. The molecule has 5 rings (SSSR count). The number of hydrogen-bond donors (Lipinski definition) is 2. The van der Waals surface area contributed by atoms with Crippen LogP contribution in [0.1, 0.15) is 97.5 Å². The number of carbonyl (C=O) groups excluding carboxylic acids is 3. The lowest BCUT2D eigenvalue weighted by atomic mass is 9.92. The molecule has 42 heavy (non-hydrogen) atoms. The topological polar surface area (TPSA) is 107 Å². The second-order valence-corrected chi connectivity index (χ2v) is 11.0. The lowest BCUT2D eigenvalue weighted by molar-refractivity contribution is -0.134. The molecule has 0 aliphatic heterocycles. The van der Waals surface area contributed by atoms with E-state index in [9.17, 15) is 14.4 Å². The molecule has 0 saturated heterocycles. The highest BCUT2D eigenvalue weighted by atomic mass is 16.6. The molecule has 0 radical (unpaired) electrons. The van der Waals surface area contributed by atoms with Crippen LogP contribution in [0.3, 0.4) is 0 Å². The molecule has 1 aromatic heterocycles. The number of ether oxygens (including phenoxy) is 2. The number of hydrogen-bond acceptors (Lipinski definition) is 6. The minimum atomic E-state index is -0.910. The summed E-state index contributed by atoms with van der Waals surface area (Å²) in [5.74, 6) is -0.273. The fraction of sp³-hybridized carbons (Fsp3) is 0.353. The summed E-state index contributed by atoms with van der Waals surface area (Å²) < 4.78 is 10.6. The Balaban J connectivity index is 1.40. The molecule has 8 nitrogen and oxygen atoms in total. The molecule has 0 unspecified atom stereocenters. The Morgan fingerprint density at radius 3 is 2.07 bits per heavy atom. The zero-order chi connectivity index (χ0) is 29.8. The van der Waals surface area contributed by atoms with E-state index in [1.807, 2.05) is 6.92 Å². The number of carbonyl (C=O) groups is 3. The predicted molar refractivity (Wildman–Crippen MR) is 160 cm³/mol. The van der Waals surface area contributed by atoms with Gasteiger partial charge in [0.25, 0.3) is 5.91 Å². The van der Waals surface area contributed by atoms with Gasteiger partial charge in [-0.25, -0.2) is 4.98 Å². The maximum atomic E-state index is 13.4. The first-order valence-corrected chi connectivity index (χ1v) is 14.6. The second kappa shape index (κ2) is 12.6. The minimum Gasteiger partial charge on any atom is -0.493 e. The summed E-state index contributed by atoms with van der Waals surface area (Å²) in [5.41, 5.74) is 6.23. The quantitative estimate of drug-likeness (QED) is 0.281. The summed E-state index contributed by atoms with van der Waals surface area (Å²) in [7, 11) is 1.41. The second-order valence-electron chi connectivity index (χ2n) is 11.0. The van der Waals surface area contributed by atoms with Crippen molar-refractivity contribution < 1.29 is 23.9 Å². The molecule has 2 aliphatic carbocycles. The van der Waals surface area contributed by atoms with Crippen LogP contribution in [0, 0.1) is 0 Å². The summed E-state index contributed by atoms with van der Waals surface area (Å²) in [6.45, 7) is 5.13. The van der Waals surface area contributed by atoms with Crippen LogP contribution in [0.25, 0.3) is 5.57 Å². The van der Waals surface area contributed by atoms with Crippen LogP contribution in [-0.2, 0) is 9.59 Å². The van der Waals surface area contributed by atoms with Crippen LogP contribution in [0.2, 0.25) is 0 Å². The fourth-order valence-electron chi connectivity index (χ4n) is 5.05. The first-order chi connectivity index (χ1) is 20.3. The number of methoxy groups -OCH3 is 1. The van der Waals surface area contributed by atoms with Gasteiger partial charge in [0.05, 0.1) is 7.11 Å². The van der Waals surface area contributed by atoms with Gasteiger partial charge in [-0.05, 0) is 73.6 Å². The van der Waals surface area contributed by atoms with E-state index in [1.54, 1.807) is 13.8 Å². The van der Waals surface area contributed by atoms with Crippen LogP contribution >= 0.6 is 0 Å². The third-order valence-electron chi connectivity index (χ3n) is 7.68. The molecule has 1 heterocycles. The van der Waals surface area contributed by atoms with Crippen molar-refractivity contribution in [2.45, 2.75) is 70.8 Å². The molecule has 3 aromatic rings. The largest absolute Gasteiger partial charge is 0.493 e. The number of nitrogens with zero attached hydrogens (tertiary/aromatic N) is 1. The summed E-state index contributed by atoms with van der Waals surface area (Å²) in [4.78, 5) is 42.7. The van der Waals surface area contributed by atoms with Crippen molar-refractivity contribution in [3.8, 4) is 11.5 Å². The van der Waals surface area contributed by atoms with Crippen LogP contribution in [-0.4, -0.2) is 35.9 Å². The molecular formula is C34H37N3O5. The van der Waals surface area contributed by atoms with E-state index in [2.05, 4.69) is 64.1 Å². The van der Waals surface area contributed by atoms with Gasteiger partial charge in [-0.15, -0.1) is 0 Å². The Hall–Kier alpha value is -4.46. The van der Waals surface area contributed by atoms with Crippen molar-refractivity contribution in [2.75, 3.05) is 7.11 Å². The van der Waals surface area contributed by atoms with E-state index in [-0.39, 0.29) is 29.5 Å². The zero-order valence-corrected chi connectivity index (χ0v) is 24.5. The molecular weight excluding hydrogens is 530 g/mol. The Morgan fingerprint density at radius 2 is 1.55 bits per heavy atom. The van der Waals surface area contributed by atoms with Crippen molar-refractivity contribution in [2.24, 2.45) is 0 Å². The van der Waals surface area contributed by atoms with E-state index < -0.39 is 17.9 Å². The van der Waals surface area contributed by atoms with Crippen molar-refractivity contribution in [1.29, 1.82) is 0 Å². The minimum absolute atomic E-state index is 0.0820. The average molecular weight is 568 g/mol. The van der Waals surface area contributed by atoms with Crippen LogP contribution in [0.4, 0.5) is 0 Å². The maximum Gasteiger partial charge on any atom is 0.311 e. The molecule has 2 N–H and O–H groups in total. The lowest BCUT2D eigenvalue weighted by Crippen LogP contribution is -2.44. The van der Waals surface area contributed by atoms with Gasteiger partial charge in [-0.3, -0.25) is 14.4 Å². The monoisotopic (exact) mass is 567 g/mol. The molecule has 0 spiro atoms. The molecule has 1 atom stereocenters. The molecule has 2 fully saturated rings. The summed E-state index contributed by atoms with van der Waals surface area (Å²) in [5, 5.41) is 5.72. The van der Waals surface area contributed by atoms with Crippen LogP contribution < -0.4 is 20.1 Å². The molecule has 2 saturated carbocycles. The van der Waals surface area contributed by atoms with E-state index in [0.717, 1.165) is 16.7 Å². The van der Waals surface area contributed by atoms with E-state index in [1.165, 1.54) is 56.2 Å². The van der Waals surface area contributed by atoms with Crippen LogP contribution in [0.15, 0.2) is 66.5 Å². The highest BCUT2D eigenvalue weighted by molar-refractivity contribution is 5.99. The van der Waals surface area contributed by atoms with Gasteiger partial charge in [-0.1, -0.05) is 55.5 Å². The predicted octanol–water partition coefficient (Wildman–Crippen LogP) is 5.87. The number of benzene rings is 2. The van der Waals surface area contributed by atoms with Gasteiger partial charge < -0.3 is 20.1 Å². The number of allylic oxidation sites excluding steroid dienone is 1. The molecule has 218 valence electrons. The van der Waals surface area contributed by atoms with Crippen molar-refractivity contribution in [3.63, 3.8) is 0 Å². The number of esters is 1. The number of pyridine rings is 1. The third kappa shape index (κ3) is 6.70. The van der Waals surface area contributed by atoms with Gasteiger partial charge in [-0.2, -0.15) is 0 Å². The Labute approximate surface area is 246 Å². The van der Waals surface area contributed by atoms with Crippen molar-refractivity contribution >= 4 is 23.4 Å². The van der Waals surface area contributed by atoms with Crippen molar-refractivity contribution in [1.82, 2.24) is 15.6 Å². The molecule has 2 amide bonds. The standard InChI is InChI=1S/C34H37N3O5/c1-5-29(38)42-32-28(41-4)16-17-35-31(32)34(40)37-21(3)33(39)36-20(2)30(26-10-6-8-24(18-26)22-12-13-22)27-11-7-9-25(19-27)23-14-15-23/h6-11,16-19,21-23H,5,12-15H2,1-4H3,(H,36,39)(H,37,40)/t21-/m0/s1. The number of nitrogens with one attached hydrogen (secondary N) is 2. The Morgan fingerprint density at radius 1 is 0.952 bits per heavy atom. The SMILES string of the molecule is CCC(=O)Oc1c(OC)ccnc1C(=O)N[C@@H](C)C(=O)NC(C)=C(c1cccc(C2CC2)c1)c1cccc(C2CC2)c1. The zero-order valence-electron chi connectivity index (χ0n) is 24.5. The number of amides is 2. The van der Waals surface area contributed by atoms with E-state index in [0.29, 0.717) is 17.5 Å². The van der Waals surface area contributed by atoms with Crippen molar-refractivity contribution in [3.05, 3.63) is 94.4 Å². The fourth-order valence-corrected chi connectivity index (χ4v) is 5.05. The molecule has 2 aromatic carbocycles. The van der Waals surface area contributed by atoms with Gasteiger partial charge in [0.15, 0.2) is 11.4 Å². The van der Waals surface area contributed by atoms with Gasteiger partial charge in [0, 0.05) is 30.0 Å². The van der Waals surface area contributed by atoms with Gasteiger partial charge >= 0.3 is 5.97 Å². The first-order valence-electron chi connectivity index (χ1n) is 14.6. The van der Waals surface area contributed by atoms with E-state index >= 15 is 0 Å². The molecule has 2 aliphatic rings.